The summed E-state index contributed by atoms with van der Waals surface area (Å²) in [7, 11) is 0. The number of amides is 1. The first kappa shape index (κ1) is 13.3. The number of rotatable bonds is 6. The molecule has 2 aromatic rings. The van der Waals surface area contributed by atoms with Gasteiger partial charge in [-0.2, -0.15) is 0 Å². The molecule has 0 aliphatic rings. The van der Waals surface area contributed by atoms with Crippen LogP contribution in [0.1, 0.15) is 23.3 Å². The predicted molar refractivity (Wildman–Crippen MR) is 69.0 cm³/mol. The van der Waals surface area contributed by atoms with Crippen LogP contribution in [0.15, 0.2) is 28.1 Å². The summed E-state index contributed by atoms with van der Waals surface area (Å²) in [5.41, 5.74) is 0.193. The zero-order valence-corrected chi connectivity index (χ0v) is 10.8. The van der Waals surface area contributed by atoms with Crippen molar-refractivity contribution < 1.29 is 19.2 Å². The normalized spacial score (nSPS) is 10.3. The number of hydrogen-bond acceptors (Lipinski definition) is 5. The summed E-state index contributed by atoms with van der Waals surface area (Å²) < 4.78 is 5.08. The van der Waals surface area contributed by atoms with Gasteiger partial charge in [-0.15, -0.1) is 11.3 Å². The van der Waals surface area contributed by atoms with Gasteiger partial charge in [0.05, 0.1) is 4.88 Å². The number of thiophene rings is 1. The number of nitrogens with one attached hydrogen (secondary N) is 1. The fraction of sp³-hybridized carbons (Fsp3) is 0.250. The lowest BCUT2D eigenvalue weighted by molar-refractivity contribution is -0.137. The third kappa shape index (κ3) is 3.65. The number of carbonyl (C=O) groups excluding carboxylic acids is 1. The minimum atomic E-state index is -0.879. The highest BCUT2D eigenvalue weighted by molar-refractivity contribution is 7.13. The molecular formula is C12H12N2O4S. The van der Waals surface area contributed by atoms with Crippen molar-refractivity contribution in [1.29, 1.82) is 0 Å². The SMILES string of the molecule is O=C(O)CCCNC(=O)c1cc(-c2cccs2)on1. The van der Waals surface area contributed by atoms with Crippen LogP contribution in [0.2, 0.25) is 0 Å². The Morgan fingerprint density at radius 2 is 2.32 bits per heavy atom. The molecule has 0 saturated heterocycles. The van der Waals surface area contributed by atoms with Crippen molar-refractivity contribution in [2.45, 2.75) is 12.8 Å². The highest BCUT2D eigenvalue weighted by Gasteiger charge is 2.13. The van der Waals surface area contributed by atoms with Crippen LogP contribution in [-0.2, 0) is 4.79 Å². The number of hydrogen-bond donors (Lipinski definition) is 2. The monoisotopic (exact) mass is 280 g/mol. The number of carboxylic acids is 1. The second-order valence-corrected chi connectivity index (χ2v) is 4.75. The van der Waals surface area contributed by atoms with Crippen molar-refractivity contribution in [3.8, 4) is 10.6 Å². The molecule has 0 atom stereocenters. The van der Waals surface area contributed by atoms with Gasteiger partial charge in [-0.1, -0.05) is 11.2 Å². The molecule has 19 heavy (non-hydrogen) atoms. The lowest BCUT2D eigenvalue weighted by Crippen LogP contribution is -2.25. The van der Waals surface area contributed by atoms with E-state index >= 15 is 0 Å². The number of aromatic nitrogens is 1. The Balaban J connectivity index is 1.88. The summed E-state index contributed by atoms with van der Waals surface area (Å²) in [6.07, 6.45) is 0.413. The summed E-state index contributed by atoms with van der Waals surface area (Å²) in [6.45, 7) is 0.298. The molecule has 7 heteroatoms. The first-order valence-corrected chi connectivity index (χ1v) is 6.55. The molecular weight excluding hydrogens is 268 g/mol. The van der Waals surface area contributed by atoms with Crippen molar-refractivity contribution in [3.05, 3.63) is 29.3 Å². The summed E-state index contributed by atoms with van der Waals surface area (Å²) >= 11 is 1.50. The quantitative estimate of drug-likeness (QED) is 0.789. The number of nitrogens with zero attached hydrogens (tertiary/aromatic N) is 1. The molecule has 0 saturated carbocycles. The van der Waals surface area contributed by atoms with Crippen LogP contribution in [0.5, 0.6) is 0 Å². The second-order valence-electron chi connectivity index (χ2n) is 3.81. The van der Waals surface area contributed by atoms with Gasteiger partial charge in [0, 0.05) is 19.0 Å². The molecule has 6 nitrogen and oxygen atoms in total. The molecule has 0 unspecified atom stereocenters. The summed E-state index contributed by atoms with van der Waals surface area (Å²) in [6, 6.07) is 5.33. The lowest BCUT2D eigenvalue weighted by atomic mass is 10.3. The van der Waals surface area contributed by atoms with Gasteiger partial charge in [-0.25, -0.2) is 0 Å². The molecule has 2 aromatic heterocycles. The zero-order chi connectivity index (χ0) is 13.7. The highest BCUT2D eigenvalue weighted by Crippen LogP contribution is 2.24. The van der Waals surface area contributed by atoms with Crippen molar-refractivity contribution in [3.63, 3.8) is 0 Å². The third-order valence-corrected chi connectivity index (χ3v) is 3.24. The van der Waals surface area contributed by atoms with Gasteiger partial charge in [-0.05, 0) is 17.9 Å². The smallest absolute Gasteiger partial charge is 0.303 e. The van der Waals surface area contributed by atoms with Crippen molar-refractivity contribution in [1.82, 2.24) is 10.5 Å². The van der Waals surface area contributed by atoms with E-state index in [0.717, 1.165) is 4.88 Å². The topological polar surface area (TPSA) is 92.4 Å². The van der Waals surface area contributed by atoms with Crippen LogP contribution in [0.4, 0.5) is 0 Å². The van der Waals surface area contributed by atoms with E-state index in [1.165, 1.54) is 11.3 Å². The molecule has 100 valence electrons. The van der Waals surface area contributed by atoms with Crippen LogP contribution in [0.25, 0.3) is 10.6 Å². The van der Waals surface area contributed by atoms with E-state index in [9.17, 15) is 9.59 Å². The molecule has 2 rings (SSSR count). The largest absolute Gasteiger partial charge is 0.481 e. The van der Waals surface area contributed by atoms with E-state index in [4.69, 9.17) is 9.63 Å². The molecule has 0 spiro atoms. The van der Waals surface area contributed by atoms with E-state index in [0.29, 0.717) is 18.7 Å². The molecule has 0 fully saturated rings. The maximum Gasteiger partial charge on any atom is 0.303 e. The average Bonchev–Trinajstić information content (AvgIpc) is 3.03. The molecule has 0 aromatic carbocycles. The van der Waals surface area contributed by atoms with E-state index < -0.39 is 5.97 Å². The molecule has 2 heterocycles. The lowest BCUT2D eigenvalue weighted by Gasteiger charge is -1.99. The summed E-state index contributed by atoms with van der Waals surface area (Å²) in [5, 5.41) is 16.7. The van der Waals surface area contributed by atoms with Crippen LogP contribution in [0, 0.1) is 0 Å². The predicted octanol–water partition coefficient (Wildman–Crippen LogP) is 2.00. The molecule has 1 amide bonds. The van der Waals surface area contributed by atoms with E-state index in [1.807, 2.05) is 17.5 Å². The van der Waals surface area contributed by atoms with E-state index in [2.05, 4.69) is 10.5 Å². The van der Waals surface area contributed by atoms with Gasteiger partial charge in [0.25, 0.3) is 5.91 Å². The van der Waals surface area contributed by atoms with E-state index in [-0.39, 0.29) is 18.0 Å². The van der Waals surface area contributed by atoms with Gasteiger partial charge in [0.2, 0.25) is 0 Å². The summed E-state index contributed by atoms with van der Waals surface area (Å²) in [5.74, 6) is -0.696. The Morgan fingerprint density at radius 3 is 3.00 bits per heavy atom. The molecule has 0 bridgehead atoms. The van der Waals surface area contributed by atoms with Gasteiger partial charge in [0.15, 0.2) is 11.5 Å². The van der Waals surface area contributed by atoms with Gasteiger partial charge in [0.1, 0.15) is 0 Å². The molecule has 0 aliphatic carbocycles. The average molecular weight is 280 g/mol. The first-order valence-electron chi connectivity index (χ1n) is 5.67. The van der Waals surface area contributed by atoms with Gasteiger partial charge >= 0.3 is 5.97 Å². The van der Waals surface area contributed by atoms with E-state index in [1.54, 1.807) is 6.07 Å². The maximum absolute atomic E-state index is 11.7. The minimum Gasteiger partial charge on any atom is -0.481 e. The molecule has 2 N–H and O–H groups in total. The maximum atomic E-state index is 11.7. The van der Waals surface area contributed by atoms with Crippen molar-refractivity contribution >= 4 is 23.2 Å². The van der Waals surface area contributed by atoms with Crippen LogP contribution in [-0.4, -0.2) is 28.7 Å². The Bertz CT molecular complexity index is 562. The first-order chi connectivity index (χ1) is 9.16. The fourth-order valence-electron chi connectivity index (χ4n) is 1.45. The Morgan fingerprint density at radius 1 is 1.47 bits per heavy atom. The molecule has 0 radical (unpaired) electrons. The Hall–Kier alpha value is -2.15. The fourth-order valence-corrected chi connectivity index (χ4v) is 2.12. The van der Waals surface area contributed by atoms with Crippen LogP contribution < -0.4 is 5.32 Å². The minimum absolute atomic E-state index is 0.0273. The molecule has 0 aliphatic heterocycles. The van der Waals surface area contributed by atoms with Crippen LogP contribution >= 0.6 is 11.3 Å². The van der Waals surface area contributed by atoms with Gasteiger partial charge < -0.3 is 14.9 Å². The number of carbonyl (C=O) groups is 2. The van der Waals surface area contributed by atoms with Crippen LogP contribution in [0.3, 0.4) is 0 Å². The second kappa shape index (κ2) is 6.14. The highest BCUT2D eigenvalue weighted by atomic mass is 32.1. The zero-order valence-electron chi connectivity index (χ0n) is 9.96. The van der Waals surface area contributed by atoms with Crippen molar-refractivity contribution in [2.24, 2.45) is 0 Å². The third-order valence-electron chi connectivity index (χ3n) is 2.36. The Kier molecular flexibility index (Phi) is 4.30. The number of carboxylic acid groups (broad SMARTS) is 1. The standard InChI is InChI=1S/C12H12N2O4S/c15-11(16)4-1-5-13-12(17)8-7-9(18-14-8)10-3-2-6-19-10/h2-3,6-7H,1,4-5H2,(H,13,17)(H,15,16). The Labute approximate surface area is 113 Å². The number of aliphatic carboxylic acids is 1. The van der Waals surface area contributed by atoms with Crippen molar-refractivity contribution in [2.75, 3.05) is 6.54 Å². The van der Waals surface area contributed by atoms with Gasteiger partial charge in [-0.3, -0.25) is 9.59 Å². The summed E-state index contributed by atoms with van der Waals surface area (Å²) in [4.78, 5) is 22.9.